The molecule has 0 saturated carbocycles. The van der Waals surface area contributed by atoms with Crippen LogP contribution in [0.1, 0.15) is 32.8 Å². The summed E-state index contributed by atoms with van der Waals surface area (Å²) in [5.74, 6) is -0.465. The number of carbonyl (C=O) groups excluding carboxylic acids is 1. The molecule has 0 unspecified atom stereocenters. The van der Waals surface area contributed by atoms with Gasteiger partial charge in [0.2, 0.25) is 11.8 Å². The summed E-state index contributed by atoms with van der Waals surface area (Å²) in [5.41, 5.74) is -0.947. The van der Waals surface area contributed by atoms with Crippen molar-refractivity contribution in [3.8, 4) is 5.75 Å². The molecule has 1 aliphatic rings. The zero-order valence-corrected chi connectivity index (χ0v) is 21.9. The third-order valence-corrected chi connectivity index (χ3v) is 5.64. The van der Waals surface area contributed by atoms with E-state index in [2.05, 4.69) is 41.3 Å². The first-order valence-electron chi connectivity index (χ1n) is 11.2. The van der Waals surface area contributed by atoms with E-state index in [0.29, 0.717) is 24.1 Å². The zero-order valence-electron chi connectivity index (χ0n) is 20.3. The fourth-order valence-corrected chi connectivity index (χ4v) is 3.95. The molecule has 0 bridgehead atoms. The maximum Gasteiger partial charge on any atom is 0.573 e. The Morgan fingerprint density at radius 1 is 1.30 bits per heavy atom. The van der Waals surface area contributed by atoms with Crippen molar-refractivity contribution < 1.29 is 32.4 Å². The van der Waals surface area contributed by atoms with E-state index in [4.69, 9.17) is 4.74 Å². The molecule has 1 atom stereocenters. The number of nitrogens with zero attached hydrogens (tertiary/aromatic N) is 4. The molecule has 2 aromatic rings. The number of rotatable bonds is 8. The Morgan fingerprint density at radius 2 is 2.03 bits per heavy atom. The van der Waals surface area contributed by atoms with Crippen molar-refractivity contribution in [1.29, 1.82) is 0 Å². The van der Waals surface area contributed by atoms with E-state index in [1.807, 2.05) is 0 Å². The van der Waals surface area contributed by atoms with Gasteiger partial charge in [0, 0.05) is 36.2 Å². The second kappa shape index (κ2) is 11.4. The molecule has 1 saturated heterocycles. The Kier molecular flexibility index (Phi) is 8.66. The second-order valence-electron chi connectivity index (χ2n) is 9.30. The number of carbonyl (C=O) groups is 1. The van der Waals surface area contributed by atoms with Crippen LogP contribution < -0.4 is 15.4 Å². The summed E-state index contributed by atoms with van der Waals surface area (Å²) >= 11 is 3.19. The highest BCUT2D eigenvalue weighted by Crippen LogP contribution is 2.31. The Bertz CT molecular complexity index is 1140. The lowest BCUT2D eigenvalue weighted by Crippen LogP contribution is -2.35. The van der Waals surface area contributed by atoms with Crippen molar-refractivity contribution >= 4 is 39.5 Å². The lowest BCUT2D eigenvalue weighted by atomic mass is 10.1. The largest absolute Gasteiger partial charge is 0.573 e. The third-order valence-electron chi connectivity index (χ3n) is 5.15. The van der Waals surface area contributed by atoms with E-state index >= 15 is 0 Å². The number of nitro groups is 1. The second-order valence-corrected chi connectivity index (χ2v) is 10.2. The van der Waals surface area contributed by atoms with Gasteiger partial charge in [-0.1, -0.05) is 15.9 Å². The molecule has 1 aromatic heterocycles. The number of hydrogen-bond donors (Lipinski definition) is 2. The van der Waals surface area contributed by atoms with Crippen molar-refractivity contribution in [1.82, 2.24) is 14.9 Å². The summed E-state index contributed by atoms with van der Waals surface area (Å²) in [6, 6.07) is 3.92. The van der Waals surface area contributed by atoms with E-state index in [1.54, 1.807) is 25.7 Å². The Morgan fingerprint density at radius 3 is 2.68 bits per heavy atom. The van der Waals surface area contributed by atoms with Crippen molar-refractivity contribution in [2.75, 3.05) is 30.3 Å². The molecule has 11 nitrogen and oxygen atoms in total. The Balaban J connectivity index is 1.67. The van der Waals surface area contributed by atoms with E-state index < -0.39 is 34.4 Å². The topological polar surface area (TPSA) is 132 Å². The summed E-state index contributed by atoms with van der Waals surface area (Å²) in [5, 5.41) is 17.2. The molecule has 2 N–H and O–H groups in total. The predicted molar refractivity (Wildman–Crippen MR) is 131 cm³/mol. The summed E-state index contributed by atoms with van der Waals surface area (Å²) < 4.78 is 48.2. The van der Waals surface area contributed by atoms with Gasteiger partial charge < -0.3 is 25.0 Å². The lowest BCUT2D eigenvalue weighted by molar-refractivity contribution is -0.384. The molecule has 2 heterocycles. The molecule has 0 radical (unpaired) electrons. The Hall–Kier alpha value is -3.36. The van der Waals surface area contributed by atoms with Gasteiger partial charge in [0.25, 0.3) is 0 Å². The first kappa shape index (κ1) is 28.2. The fourth-order valence-electron chi connectivity index (χ4n) is 3.54. The highest BCUT2D eigenvalue weighted by Gasteiger charge is 2.32. The molecule has 1 aliphatic heterocycles. The number of halogens is 4. The highest BCUT2D eigenvalue weighted by molar-refractivity contribution is 9.10. The minimum atomic E-state index is -4.90. The van der Waals surface area contributed by atoms with Crippen LogP contribution in [0.2, 0.25) is 0 Å². The van der Waals surface area contributed by atoms with Gasteiger partial charge >= 0.3 is 18.1 Å². The van der Waals surface area contributed by atoms with Gasteiger partial charge in [-0.05, 0) is 51.3 Å². The van der Waals surface area contributed by atoms with Gasteiger partial charge in [-0.15, -0.1) is 13.2 Å². The van der Waals surface area contributed by atoms with Crippen molar-refractivity contribution in [2.24, 2.45) is 5.92 Å². The molecule has 1 fully saturated rings. The van der Waals surface area contributed by atoms with Crippen LogP contribution in [0.25, 0.3) is 0 Å². The zero-order chi connectivity index (χ0) is 27.4. The van der Waals surface area contributed by atoms with E-state index in [-0.39, 0.29) is 29.8 Å². The van der Waals surface area contributed by atoms with Crippen molar-refractivity contribution in [2.45, 2.75) is 45.7 Å². The molecular weight excluding hydrogens is 565 g/mol. The summed E-state index contributed by atoms with van der Waals surface area (Å²) in [4.78, 5) is 32.7. The molecule has 3 rings (SSSR count). The van der Waals surface area contributed by atoms with Crippen LogP contribution in [-0.4, -0.2) is 57.5 Å². The molecule has 202 valence electrons. The number of anilines is 2. The van der Waals surface area contributed by atoms with Crippen LogP contribution >= 0.6 is 15.9 Å². The maximum absolute atomic E-state index is 12.8. The van der Waals surface area contributed by atoms with Gasteiger partial charge in [-0.3, -0.25) is 10.1 Å². The van der Waals surface area contributed by atoms with E-state index in [9.17, 15) is 28.1 Å². The minimum Gasteiger partial charge on any atom is -0.444 e. The average Bonchev–Trinajstić information content (AvgIpc) is 3.25. The Labute approximate surface area is 219 Å². The summed E-state index contributed by atoms with van der Waals surface area (Å²) in [6.07, 6.45) is -3.57. The van der Waals surface area contributed by atoms with Crippen molar-refractivity contribution in [3.63, 3.8) is 0 Å². The minimum absolute atomic E-state index is 0.0754. The number of ether oxygens (including phenoxy) is 2. The first-order chi connectivity index (χ1) is 17.2. The number of aromatic nitrogens is 2. The summed E-state index contributed by atoms with van der Waals surface area (Å²) in [6.45, 7) is 6.52. The number of nitrogens with one attached hydrogen (secondary N) is 2. The molecule has 37 heavy (non-hydrogen) atoms. The molecule has 1 aromatic carbocycles. The standard InChI is InChI=1S/C22H26BrF3N6O5/c1-21(2,3)37-20(33)31-7-6-13(12-31)9-28-19-29-11-16(32(34)35)18(30-19)27-10-14-8-15(23)4-5-17(14)36-22(24,25)26/h4-5,8,11,13H,6-7,9-10,12H2,1-3H3,(H2,27,28,29,30)/t13-/m0/s1. The normalized spacial score (nSPS) is 15.9. The number of likely N-dealkylation sites (tertiary alicyclic amines) is 1. The SMILES string of the molecule is CC(C)(C)OC(=O)N1CC[C@@H](CNc2ncc([N+](=O)[O-])c(NCc3cc(Br)ccc3OC(F)(F)F)n2)C1. The predicted octanol–water partition coefficient (Wildman–Crippen LogP) is 5.33. The lowest BCUT2D eigenvalue weighted by Gasteiger charge is -2.24. The van der Waals surface area contributed by atoms with Crippen LogP contribution in [0.3, 0.4) is 0 Å². The molecule has 0 aliphatic carbocycles. The summed E-state index contributed by atoms with van der Waals surface area (Å²) in [7, 11) is 0. The molecule has 1 amide bonds. The van der Waals surface area contributed by atoms with Gasteiger partial charge in [0.1, 0.15) is 17.5 Å². The monoisotopic (exact) mass is 590 g/mol. The number of benzene rings is 1. The molecule has 15 heteroatoms. The van der Waals surface area contributed by atoms with Gasteiger partial charge in [0.15, 0.2) is 0 Å². The van der Waals surface area contributed by atoms with Crippen LogP contribution in [-0.2, 0) is 11.3 Å². The third kappa shape index (κ3) is 8.61. The van der Waals surface area contributed by atoms with E-state index in [1.165, 1.54) is 12.1 Å². The number of hydrogen-bond acceptors (Lipinski definition) is 9. The van der Waals surface area contributed by atoms with E-state index in [0.717, 1.165) is 18.7 Å². The number of amides is 1. The van der Waals surface area contributed by atoms with Gasteiger partial charge in [-0.25, -0.2) is 9.78 Å². The van der Waals surface area contributed by atoms with Gasteiger partial charge in [0.05, 0.1) is 4.92 Å². The highest BCUT2D eigenvalue weighted by atomic mass is 79.9. The fraction of sp³-hybridized carbons (Fsp3) is 0.500. The maximum atomic E-state index is 12.8. The van der Waals surface area contributed by atoms with Crippen molar-refractivity contribution in [3.05, 3.63) is 44.5 Å². The quantitative estimate of drug-likeness (QED) is 0.309. The average molecular weight is 591 g/mol. The molecular formula is C22H26BrF3N6O5. The molecule has 0 spiro atoms. The van der Waals surface area contributed by atoms with Crippen LogP contribution in [0.4, 0.5) is 35.4 Å². The van der Waals surface area contributed by atoms with Gasteiger partial charge in [-0.2, -0.15) is 4.98 Å². The first-order valence-corrected chi connectivity index (χ1v) is 12.0. The van der Waals surface area contributed by atoms with Crippen LogP contribution in [0, 0.1) is 16.0 Å². The van der Waals surface area contributed by atoms with Crippen LogP contribution in [0.5, 0.6) is 5.75 Å². The van der Waals surface area contributed by atoms with Crippen LogP contribution in [0.15, 0.2) is 28.9 Å². The smallest absolute Gasteiger partial charge is 0.444 e. The number of alkyl halides is 3.